The van der Waals surface area contributed by atoms with Gasteiger partial charge in [-0.05, 0) is 64.4 Å². The molecule has 0 aliphatic carbocycles. The molecule has 0 aromatic heterocycles. The van der Waals surface area contributed by atoms with Crippen LogP contribution in [-0.2, 0) is 9.59 Å². The van der Waals surface area contributed by atoms with E-state index in [1.54, 1.807) is 0 Å². The number of carbonyl (C=O) groups is 2. The molecule has 1 aromatic carbocycles. The predicted octanol–water partition coefficient (Wildman–Crippen LogP) is 2.51. The molecule has 2 atom stereocenters. The number of benzene rings is 1. The first kappa shape index (κ1) is 18.9. The molecule has 2 aliphatic heterocycles. The van der Waals surface area contributed by atoms with Crippen LogP contribution in [0.15, 0.2) is 24.3 Å². The summed E-state index contributed by atoms with van der Waals surface area (Å²) >= 11 is 0. The van der Waals surface area contributed by atoms with E-state index in [2.05, 4.69) is 36.3 Å². The number of likely N-dealkylation sites (tertiary alicyclic amines) is 2. The van der Waals surface area contributed by atoms with E-state index in [0.29, 0.717) is 19.4 Å². The van der Waals surface area contributed by atoms with Crippen LogP contribution in [0.1, 0.15) is 49.8 Å². The lowest BCUT2D eigenvalue weighted by Gasteiger charge is -2.41. The molecule has 2 amide bonds. The summed E-state index contributed by atoms with van der Waals surface area (Å²) in [5.74, 6) is 0.0938. The summed E-state index contributed by atoms with van der Waals surface area (Å²) in [7, 11) is 2.12. The predicted molar refractivity (Wildman–Crippen MR) is 103 cm³/mol. The number of aryl methyl sites for hydroxylation is 1. The molecule has 142 valence electrons. The average molecular weight is 357 g/mol. The van der Waals surface area contributed by atoms with Crippen molar-refractivity contribution in [2.24, 2.45) is 5.92 Å². The maximum atomic E-state index is 13.1. The highest BCUT2D eigenvalue weighted by Gasteiger charge is 2.41. The maximum Gasteiger partial charge on any atom is 0.225 e. The van der Waals surface area contributed by atoms with Crippen LogP contribution in [0.4, 0.5) is 0 Å². The molecule has 0 bridgehead atoms. The van der Waals surface area contributed by atoms with Crippen molar-refractivity contribution in [3.8, 4) is 0 Å². The first-order valence-electron chi connectivity index (χ1n) is 9.85. The van der Waals surface area contributed by atoms with E-state index in [1.807, 2.05) is 24.0 Å². The lowest BCUT2D eigenvalue weighted by molar-refractivity contribution is -0.143. The molecule has 5 heteroatoms. The first-order chi connectivity index (χ1) is 12.5. The Bertz CT molecular complexity index is 652. The molecule has 2 aliphatic rings. The number of hydrogen-bond acceptors (Lipinski definition) is 3. The highest BCUT2D eigenvalue weighted by molar-refractivity contribution is 5.85. The summed E-state index contributed by atoms with van der Waals surface area (Å²) in [5, 5.41) is 3.28. The minimum atomic E-state index is -0.173. The number of rotatable bonds is 4. The van der Waals surface area contributed by atoms with Crippen molar-refractivity contribution < 1.29 is 9.59 Å². The summed E-state index contributed by atoms with van der Waals surface area (Å²) in [6.45, 7) is 6.75. The lowest BCUT2D eigenvalue weighted by Crippen LogP contribution is -2.51. The van der Waals surface area contributed by atoms with Gasteiger partial charge in [0, 0.05) is 19.0 Å². The van der Waals surface area contributed by atoms with E-state index in [-0.39, 0.29) is 29.8 Å². The smallest absolute Gasteiger partial charge is 0.225 e. The maximum absolute atomic E-state index is 13.1. The number of carbonyl (C=O) groups excluding carboxylic acids is 2. The van der Waals surface area contributed by atoms with Crippen LogP contribution in [0.25, 0.3) is 0 Å². The summed E-state index contributed by atoms with van der Waals surface area (Å²) in [6.07, 6.45) is 3.09. The normalized spacial score (nSPS) is 25.3. The van der Waals surface area contributed by atoms with Gasteiger partial charge in [0.25, 0.3) is 0 Å². The number of piperidine rings is 2. The Hall–Kier alpha value is -1.88. The Labute approximate surface area is 156 Å². The van der Waals surface area contributed by atoms with Gasteiger partial charge in [0.1, 0.15) is 0 Å². The molecule has 3 rings (SSSR count). The molecule has 0 spiro atoms. The van der Waals surface area contributed by atoms with Crippen LogP contribution in [-0.4, -0.2) is 54.3 Å². The van der Waals surface area contributed by atoms with Crippen molar-refractivity contribution in [2.75, 3.05) is 26.7 Å². The minimum Gasteiger partial charge on any atom is -0.353 e. The highest BCUT2D eigenvalue weighted by Crippen LogP contribution is 2.38. The number of amides is 2. The van der Waals surface area contributed by atoms with Gasteiger partial charge in [0.15, 0.2) is 0 Å². The fourth-order valence-corrected chi connectivity index (χ4v) is 4.36. The second-order valence-corrected chi connectivity index (χ2v) is 7.71. The molecular weight excluding hydrogens is 326 g/mol. The van der Waals surface area contributed by atoms with Gasteiger partial charge < -0.3 is 15.1 Å². The van der Waals surface area contributed by atoms with Crippen LogP contribution in [0.5, 0.6) is 0 Å². The molecule has 2 fully saturated rings. The van der Waals surface area contributed by atoms with E-state index < -0.39 is 0 Å². The van der Waals surface area contributed by atoms with Gasteiger partial charge in [-0.1, -0.05) is 24.3 Å². The summed E-state index contributed by atoms with van der Waals surface area (Å²) < 4.78 is 0. The van der Waals surface area contributed by atoms with Crippen molar-refractivity contribution in [3.63, 3.8) is 0 Å². The summed E-state index contributed by atoms with van der Waals surface area (Å²) in [6, 6.07) is 8.23. The molecule has 2 heterocycles. The van der Waals surface area contributed by atoms with Crippen LogP contribution in [0.2, 0.25) is 0 Å². The fourth-order valence-electron chi connectivity index (χ4n) is 4.36. The average Bonchev–Trinajstić information content (AvgIpc) is 2.63. The van der Waals surface area contributed by atoms with E-state index in [9.17, 15) is 9.59 Å². The molecule has 0 saturated carbocycles. The lowest BCUT2D eigenvalue weighted by atomic mass is 9.82. The van der Waals surface area contributed by atoms with Crippen molar-refractivity contribution in [1.29, 1.82) is 0 Å². The van der Waals surface area contributed by atoms with Gasteiger partial charge in [-0.15, -0.1) is 0 Å². The summed E-state index contributed by atoms with van der Waals surface area (Å²) in [4.78, 5) is 29.8. The number of nitrogens with zero attached hydrogens (tertiary/aromatic N) is 2. The number of hydrogen-bond donors (Lipinski definition) is 1. The second-order valence-electron chi connectivity index (χ2n) is 7.71. The van der Waals surface area contributed by atoms with Gasteiger partial charge in [0.05, 0.1) is 12.0 Å². The quantitative estimate of drug-likeness (QED) is 0.901. The molecular formula is C21H31N3O2. The van der Waals surface area contributed by atoms with Crippen molar-refractivity contribution in [1.82, 2.24) is 15.1 Å². The zero-order chi connectivity index (χ0) is 18.7. The number of nitrogens with one attached hydrogen (secondary N) is 1. The van der Waals surface area contributed by atoms with Crippen LogP contribution in [0.3, 0.4) is 0 Å². The minimum absolute atomic E-state index is 0.110. The van der Waals surface area contributed by atoms with E-state index >= 15 is 0 Å². The van der Waals surface area contributed by atoms with Gasteiger partial charge >= 0.3 is 0 Å². The second kappa shape index (κ2) is 8.21. The van der Waals surface area contributed by atoms with E-state index in [4.69, 9.17) is 0 Å². The molecule has 26 heavy (non-hydrogen) atoms. The standard InChI is InChI=1S/C21H31N3O2/c1-4-24-19(25)10-9-18(20(24)17-8-6-5-7-15(17)2)21(26)22-16-11-13-23(3)14-12-16/h5-8,16,18,20H,4,9-14H2,1-3H3,(H,22,26)/t18-,20+/m1/s1. The van der Waals surface area contributed by atoms with Gasteiger partial charge in [-0.25, -0.2) is 0 Å². The monoisotopic (exact) mass is 357 g/mol. The molecule has 1 N–H and O–H groups in total. The zero-order valence-corrected chi connectivity index (χ0v) is 16.2. The largest absolute Gasteiger partial charge is 0.353 e. The molecule has 0 radical (unpaired) electrons. The van der Waals surface area contributed by atoms with Crippen LogP contribution < -0.4 is 5.32 Å². The van der Waals surface area contributed by atoms with Gasteiger partial charge in [0.2, 0.25) is 11.8 Å². The van der Waals surface area contributed by atoms with Crippen molar-refractivity contribution in [2.45, 2.75) is 51.6 Å². The van der Waals surface area contributed by atoms with Gasteiger partial charge in [-0.3, -0.25) is 9.59 Å². The van der Waals surface area contributed by atoms with Crippen molar-refractivity contribution in [3.05, 3.63) is 35.4 Å². The third-order valence-corrected chi connectivity index (χ3v) is 5.96. The topological polar surface area (TPSA) is 52.7 Å². The SMILES string of the molecule is CCN1C(=O)CC[C@@H](C(=O)NC2CCN(C)CC2)[C@@H]1c1ccccc1C. The Kier molecular flexibility index (Phi) is 5.97. The molecule has 1 aromatic rings. The first-order valence-corrected chi connectivity index (χ1v) is 9.85. The highest BCUT2D eigenvalue weighted by atomic mass is 16.2. The van der Waals surface area contributed by atoms with Crippen molar-refractivity contribution >= 4 is 11.8 Å². The van der Waals surface area contributed by atoms with Gasteiger partial charge in [-0.2, -0.15) is 0 Å². The van der Waals surface area contributed by atoms with E-state index in [1.165, 1.54) is 0 Å². The molecule has 0 unspecified atom stereocenters. The van der Waals surface area contributed by atoms with E-state index in [0.717, 1.165) is 37.1 Å². The fraction of sp³-hybridized carbons (Fsp3) is 0.619. The molecule has 5 nitrogen and oxygen atoms in total. The third kappa shape index (κ3) is 3.93. The third-order valence-electron chi connectivity index (χ3n) is 5.96. The van der Waals surface area contributed by atoms with Crippen LogP contribution >= 0.6 is 0 Å². The Morgan fingerprint density at radius 1 is 1.19 bits per heavy atom. The Morgan fingerprint density at radius 2 is 1.88 bits per heavy atom. The Morgan fingerprint density at radius 3 is 2.54 bits per heavy atom. The van der Waals surface area contributed by atoms with Crippen LogP contribution in [0, 0.1) is 12.8 Å². The molecule has 2 saturated heterocycles. The summed E-state index contributed by atoms with van der Waals surface area (Å²) in [5.41, 5.74) is 2.24. The Balaban J connectivity index is 1.82. The zero-order valence-electron chi connectivity index (χ0n) is 16.2.